The van der Waals surface area contributed by atoms with Crippen LogP contribution in [-0.4, -0.2) is 59.6 Å². The fraction of sp³-hybridized carbons (Fsp3) is 0.773. The number of allylic oxidation sites excluding steroid dienone is 1. The summed E-state index contributed by atoms with van der Waals surface area (Å²) in [6.07, 6.45) is 6.84. The summed E-state index contributed by atoms with van der Waals surface area (Å²) in [7, 11) is 0. The van der Waals surface area contributed by atoms with E-state index in [0.29, 0.717) is 13.0 Å². The average molecular weight is 409 g/mol. The van der Waals surface area contributed by atoms with Crippen LogP contribution >= 0.6 is 0 Å². The molecule has 7 heteroatoms. The molecule has 7 nitrogen and oxygen atoms in total. The Morgan fingerprint density at radius 3 is 2.59 bits per heavy atom. The van der Waals surface area contributed by atoms with Crippen LogP contribution in [0.2, 0.25) is 0 Å². The van der Waals surface area contributed by atoms with Crippen molar-refractivity contribution in [2.24, 2.45) is 23.7 Å². The highest BCUT2D eigenvalue weighted by Crippen LogP contribution is 2.45. The summed E-state index contributed by atoms with van der Waals surface area (Å²) in [5.74, 6) is -2.37. The first-order valence-electron chi connectivity index (χ1n) is 11.0. The summed E-state index contributed by atoms with van der Waals surface area (Å²) in [4.78, 5) is 40.8. The number of aliphatic hydroxyl groups excluding tert-OH is 1. The van der Waals surface area contributed by atoms with Crippen molar-refractivity contribution in [3.8, 4) is 0 Å². The first kappa shape index (κ1) is 23.4. The van der Waals surface area contributed by atoms with Crippen LogP contribution in [0.15, 0.2) is 12.2 Å². The fourth-order valence-electron chi connectivity index (χ4n) is 4.76. The third-order valence-corrected chi connectivity index (χ3v) is 6.08. The molecule has 0 aromatic rings. The molecule has 164 valence electrons. The maximum atomic E-state index is 13.4. The zero-order valence-corrected chi connectivity index (χ0v) is 18.1. The smallest absolute Gasteiger partial charge is 0.310 e. The number of amides is 2. The highest BCUT2D eigenvalue weighted by Gasteiger charge is 2.57. The number of aliphatic hydroxyl groups is 1. The Kier molecular flexibility index (Phi) is 8.68. The Bertz CT molecular complexity index is 620. The molecule has 2 rings (SSSR count). The normalized spacial score (nSPS) is 29.5. The summed E-state index contributed by atoms with van der Waals surface area (Å²) >= 11 is 0. The summed E-state index contributed by atoms with van der Waals surface area (Å²) in [6, 6.07) is -0.650. The number of carbonyl (C=O) groups is 3. The van der Waals surface area contributed by atoms with Gasteiger partial charge in [-0.15, -0.1) is 0 Å². The van der Waals surface area contributed by atoms with Crippen LogP contribution in [0.25, 0.3) is 0 Å². The molecule has 1 unspecified atom stereocenters. The second-order valence-corrected chi connectivity index (χ2v) is 8.09. The SMILES string of the molecule is CCCC(C)NC(=O)[C@@H]1[C@H]2C=C[C@@H](CC)[C@@H](C(=O)OCC)[C@@H]2C(=O)N1CCCO. The van der Waals surface area contributed by atoms with Gasteiger partial charge in [0, 0.05) is 25.1 Å². The van der Waals surface area contributed by atoms with Gasteiger partial charge in [-0.3, -0.25) is 14.4 Å². The molecule has 0 spiro atoms. The number of ether oxygens (including phenoxy) is 1. The Hall–Kier alpha value is -1.89. The second-order valence-electron chi connectivity index (χ2n) is 8.09. The summed E-state index contributed by atoms with van der Waals surface area (Å²) < 4.78 is 5.29. The van der Waals surface area contributed by atoms with Crippen LogP contribution in [0.3, 0.4) is 0 Å². The van der Waals surface area contributed by atoms with Crippen molar-refractivity contribution in [3.63, 3.8) is 0 Å². The van der Waals surface area contributed by atoms with E-state index in [9.17, 15) is 19.5 Å². The Morgan fingerprint density at radius 1 is 1.28 bits per heavy atom. The Labute approximate surface area is 173 Å². The van der Waals surface area contributed by atoms with Crippen molar-refractivity contribution in [3.05, 3.63) is 12.2 Å². The van der Waals surface area contributed by atoms with Gasteiger partial charge in [0.05, 0.1) is 18.4 Å². The highest BCUT2D eigenvalue weighted by molar-refractivity contribution is 5.96. The van der Waals surface area contributed by atoms with Gasteiger partial charge < -0.3 is 20.1 Å². The van der Waals surface area contributed by atoms with Crippen molar-refractivity contribution in [2.45, 2.75) is 65.5 Å². The van der Waals surface area contributed by atoms with Gasteiger partial charge in [-0.1, -0.05) is 32.4 Å². The maximum absolute atomic E-state index is 13.4. The van der Waals surface area contributed by atoms with Gasteiger partial charge in [-0.05, 0) is 39.0 Å². The van der Waals surface area contributed by atoms with E-state index in [4.69, 9.17) is 4.74 Å². The van der Waals surface area contributed by atoms with E-state index in [0.717, 1.165) is 19.3 Å². The number of hydrogen-bond donors (Lipinski definition) is 2. The molecule has 0 saturated carbocycles. The minimum Gasteiger partial charge on any atom is -0.466 e. The predicted octanol–water partition coefficient (Wildman–Crippen LogP) is 1.89. The van der Waals surface area contributed by atoms with E-state index in [1.807, 2.05) is 26.0 Å². The molecule has 0 bridgehead atoms. The van der Waals surface area contributed by atoms with Crippen molar-refractivity contribution in [1.82, 2.24) is 10.2 Å². The van der Waals surface area contributed by atoms with Crippen LogP contribution in [0, 0.1) is 23.7 Å². The summed E-state index contributed by atoms with van der Waals surface area (Å²) in [5, 5.41) is 12.3. The highest BCUT2D eigenvalue weighted by atomic mass is 16.5. The number of nitrogens with zero attached hydrogens (tertiary/aromatic N) is 1. The number of likely N-dealkylation sites (tertiary alicyclic amines) is 1. The number of fused-ring (bicyclic) bond motifs is 1. The largest absolute Gasteiger partial charge is 0.466 e. The van der Waals surface area contributed by atoms with Crippen molar-refractivity contribution >= 4 is 17.8 Å². The molecule has 2 aliphatic rings. The molecular weight excluding hydrogens is 372 g/mol. The quantitative estimate of drug-likeness (QED) is 0.425. The molecule has 6 atom stereocenters. The van der Waals surface area contributed by atoms with Gasteiger partial charge in [0.15, 0.2) is 0 Å². The van der Waals surface area contributed by atoms with Crippen LogP contribution in [0.4, 0.5) is 0 Å². The lowest BCUT2D eigenvalue weighted by molar-refractivity contribution is -0.155. The first-order chi connectivity index (χ1) is 13.9. The van der Waals surface area contributed by atoms with E-state index in [1.54, 1.807) is 11.8 Å². The topological polar surface area (TPSA) is 95.9 Å². The number of carbonyl (C=O) groups excluding carboxylic acids is 3. The zero-order valence-electron chi connectivity index (χ0n) is 18.1. The number of esters is 1. The van der Waals surface area contributed by atoms with E-state index < -0.39 is 17.9 Å². The number of rotatable bonds is 10. The summed E-state index contributed by atoms with van der Waals surface area (Å²) in [6.45, 7) is 8.25. The lowest BCUT2D eigenvalue weighted by Crippen LogP contribution is -2.49. The zero-order chi connectivity index (χ0) is 21.6. The standard InChI is InChI=1S/C22H36N2O5/c1-5-9-14(4)23-20(26)19-16-11-10-15(6-2)17(22(28)29-7-3)18(16)21(27)24(19)12-8-13-25/h10-11,14-19,25H,5-9,12-13H2,1-4H3,(H,23,26)/t14?,15-,16+,17-,18-,19+/m1/s1. The van der Waals surface area contributed by atoms with Gasteiger partial charge in [0.1, 0.15) is 6.04 Å². The molecule has 1 aliphatic heterocycles. The second kappa shape index (κ2) is 10.8. The van der Waals surface area contributed by atoms with Crippen molar-refractivity contribution in [2.75, 3.05) is 19.8 Å². The van der Waals surface area contributed by atoms with Crippen LogP contribution < -0.4 is 5.32 Å². The first-order valence-corrected chi connectivity index (χ1v) is 11.0. The molecule has 0 radical (unpaired) electrons. The molecule has 1 aliphatic carbocycles. The minimum atomic E-state index is -0.663. The van der Waals surface area contributed by atoms with Crippen molar-refractivity contribution in [1.29, 1.82) is 0 Å². The van der Waals surface area contributed by atoms with E-state index in [2.05, 4.69) is 12.2 Å². The molecule has 1 fully saturated rings. The monoisotopic (exact) mass is 408 g/mol. The Balaban J connectivity index is 2.37. The van der Waals surface area contributed by atoms with Gasteiger partial charge in [-0.2, -0.15) is 0 Å². The molecule has 2 amide bonds. The van der Waals surface area contributed by atoms with E-state index >= 15 is 0 Å². The number of nitrogens with one attached hydrogen (secondary N) is 1. The molecule has 1 heterocycles. The lowest BCUT2D eigenvalue weighted by atomic mass is 9.69. The van der Waals surface area contributed by atoms with Crippen LogP contribution in [0.5, 0.6) is 0 Å². The average Bonchev–Trinajstić information content (AvgIpc) is 2.97. The third-order valence-electron chi connectivity index (χ3n) is 6.08. The minimum absolute atomic E-state index is 0.0122. The molecule has 1 saturated heterocycles. The number of hydrogen-bond acceptors (Lipinski definition) is 5. The third kappa shape index (κ3) is 5.00. The van der Waals surface area contributed by atoms with Gasteiger partial charge in [-0.25, -0.2) is 0 Å². The summed E-state index contributed by atoms with van der Waals surface area (Å²) in [5.41, 5.74) is 0. The van der Waals surface area contributed by atoms with Crippen LogP contribution in [-0.2, 0) is 19.1 Å². The molecule has 0 aromatic heterocycles. The molecule has 2 N–H and O–H groups in total. The fourth-order valence-corrected chi connectivity index (χ4v) is 4.76. The van der Waals surface area contributed by atoms with E-state index in [-0.39, 0.29) is 48.9 Å². The Morgan fingerprint density at radius 2 is 2.00 bits per heavy atom. The lowest BCUT2D eigenvalue weighted by Gasteiger charge is -2.33. The van der Waals surface area contributed by atoms with Gasteiger partial charge >= 0.3 is 5.97 Å². The molecular formula is C22H36N2O5. The maximum Gasteiger partial charge on any atom is 0.310 e. The predicted molar refractivity (Wildman–Crippen MR) is 110 cm³/mol. The van der Waals surface area contributed by atoms with Gasteiger partial charge in [0.2, 0.25) is 11.8 Å². The van der Waals surface area contributed by atoms with Crippen LogP contribution in [0.1, 0.15) is 53.4 Å². The van der Waals surface area contributed by atoms with E-state index in [1.165, 1.54) is 0 Å². The molecule has 29 heavy (non-hydrogen) atoms. The van der Waals surface area contributed by atoms with Gasteiger partial charge in [0.25, 0.3) is 0 Å². The molecule has 0 aromatic carbocycles. The van der Waals surface area contributed by atoms with Crippen molar-refractivity contribution < 1.29 is 24.2 Å².